The first-order valence-electron chi connectivity index (χ1n) is 42.9. The van der Waals surface area contributed by atoms with Crippen LogP contribution >= 0.6 is 74.7 Å². The van der Waals surface area contributed by atoms with E-state index in [2.05, 4.69) is 171 Å². The molecule has 11 heterocycles. The number of primary amides is 3. The van der Waals surface area contributed by atoms with Crippen molar-refractivity contribution in [2.45, 2.75) is 14.9 Å². The summed E-state index contributed by atoms with van der Waals surface area (Å²) in [5.41, 5.74) is 33.3. The number of nitrogens with two attached hydrogens (primary N) is 4. The Balaban J connectivity index is 0.000000207. The van der Waals surface area contributed by atoms with E-state index in [9.17, 15) is 34.6 Å². The predicted octanol–water partition coefficient (Wildman–Crippen LogP) is 16.3. The number of likely N-dealkylation sites (N-methyl/N-ethyl adjacent to an activating group) is 5. The molecule has 0 saturated carbocycles. The maximum Gasteiger partial charge on any atom is 0.271 e. The van der Waals surface area contributed by atoms with Gasteiger partial charge in [-0.25, -0.2) is 15.0 Å². The number of halogens is 6. The predicted molar refractivity (Wildman–Crippen MR) is 561 cm³/mol. The van der Waals surface area contributed by atoms with Crippen molar-refractivity contribution in [3.63, 3.8) is 0 Å². The molecule has 42 heteroatoms. The Hall–Kier alpha value is -12.4. The number of para-hydroxylation sites is 3. The maximum atomic E-state index is 12.0. The summed E-state index contributed by atoms with van der Waals surface area (Å²) < 4.78 is 5.93. The molecular weight excluding hydrogens is 1970 g/mol. The van der Waals surface area contributed by atoms with Crippen molar-refractivity contribution in [2.75, 3.05) is 202 Å². The number of nitrogens with one attached hydrogen (secondary N) is 3. The molecule has 0 spiro atoms. The quantitative estimate of drug-likeness (QED) is 0.0146. The molecule has 5 saturated heterocycles. The normalized spacial score (nSPS) is 14.4. The van der Waals surface area contributed by atoms with E-state index in [4.69, 9.17) is 69.3 Å². The molecule has 19 rings (SSSR count). The number of rotatable bonds is 16. The van der Waals surface area contributed by atoms with Crippen LogP contribution in [0.15, 0.2) is 236 Å². The molecule has 14 aromatic rings. The number of fused-ring (bicyclic) bond motifs is 3. The van der Waals surface area contributed by atoms with E-state index < -0.39 is 22.6 Å². The summed E-state index contributed by atoms with van der Waals surface area (Å²) >= 11 is 27.9. The van der Waals surface area contributed by atoms with Crippen LogP contribution in [-0.2, 0) is 17.1 Å². The van der Waals surface area contributed by atoms with Crippen molar-refractivity contribution in [3.8, 4) is 17.5 Å². The van der Waals surface area contributed by atoms with Gasteiger partial charge in [-0.15, -0.1) is 12.4 Å². The SMILES string of the molecule is C.C.CN1CCN(c2cccc(N)c2)CC1.CN1CCN(c2cccc(Nc3ncc(Cl)c(-n4cc(C(N)=O)c5ccccc54)n3)c2)CC1.CN1CCN(c2cccc(Nc3ncc(Cl)c(-n4cc(C(N)=O)c5ccccc54)n3)c2)CC1.CN1CCN(c2cccc([N+](=O)[O-])c2)CC1.CN1CCNCC1.Cl.N.NC(=O)c1cn(-c2nc(Cl)ncc2Cl)c2ccccc12.O=[N+]([O-])c1cccc(Br)c1.[Fe]. The number of nitro groups is 2. The second kappa shape index (κ2) is 53.0. The molecule has 6 aromatic heterocycles. The summed E-state index contributed by atoms with van der Waals surface area (Å²) in [6.07, 6.45) is 9.44. The Labute approximate surface area is 847 Å². The van der Waals surface area contributed by atoms with Gasteiger partial charge < -0.3 is 89.1 Å². The number of aromatic nitrogens is 9. The van der Waals surface area contributed by atoms with Gasteiger partial charge in [0.05, 0.1) is 61.7 Å². The van der Waals surface area contributed by atoms with Gasteiger partial charge in [-0.1, -0.05) is 151 Å². The number of piperazine rings is 5. The molecule has 0 atom stereocenters. The molecule has 14 N–H and O–H groups in total. The molecule has 0 unspecified atom stereocenters. The molecule has 0 radical (unpaired) electrons. The van der Waals surface area contributed by atoms with Crippen molar-refractivity contribution >= 4 is 188 Å². The number of hydrogen-bond acceptors (Lipinski definition) is 27. The molecule has 138 heavy (non-hydrogen) atoms. The first-order chi connectivity index (χ1) is 64.1. The summed E-state index contributed by atoms with van der Waals surface area (Å²) in [5, 5.41) is 34.0. The van der Waals surface area contributed by atoms with Crippen LogP contribution in [0.4, 0.5) is 63.1 Å². The molecule has 0 bridgehead atoms. The van der Waals surface area contributed by atoms with Crippen LogP contribution in [0.3, 0.4) is 0 Å². The van der Waals surface area contributed by atoms with E-state index in [1.807, 2.05) is 121 Å². The average molecular weight is 2090 g/mol. The summed E-state index contributed by atoms with van der Waals surface area (Å²) in [6, 6.07) is 60.0. The molecule has 3 amide bonds. The number of nitrogens with zero attached hydrogens (tertiary/aromatic N) is 20. The second-order valence-electron chi connectivity index (χ2n) is 32.1. The van der Waals surface area contributed by atoms with E-state index in [0.29, 0.717) is 61.1 Å². The van der Waals surface area contributed by atoms with Gasteiger partial charge in [-0.2, -0.15) is 15.0 Å². The number of amides is 3. The summed E-state index contributed by atoms with van der Waals surface area (Å²) in [6.45, 7) is 21.2. The Bertz CT molecular complexity index is 6200. The number of carbonyl (C=O) groups excluding carboxylic acids is 3. The third kappa shape index (κ3) is 29.8. The number of carbonyl (C=O) groups is 3. The Morgan fingerprint density at radius 1 is 0.399 bits per heavy atom. The summed E-state index contributed by atoms with van der Waals surface area (Å²) in [5.74, 6) is 0.614. The molecule has 732 valence electrons. The maximum absolute atomic E-state index is 12.0. The third-order valence-corrected chi connectivity index (χ3v) is 24.2. The van der Waals surface area contributed by atoms with Crippen LogP contribution in [0.1, 0.15) is 45.9 Å². The monoisotopic (exact) mass is 2080 g/mol. The van der Waals surface area contributed by atoms with E-state index >= 15 is 0 Å². The third-order valence-electron chi connectivity index (χ3n) is 22.7. The number of nitrogen functional groups attached to an aromatic ring is 1. The molecule has 35 nitrogen and oxygen atoms in total. The van der Waals surface area contributed by atoms with Crippen LogP contribution in [0.2, 0.25) is 20.4 Å². The van der Waals surface area contributed by atoms with Gasteiger partial charge in [0.1, 0.15) is 15.1 Å². The molecule has 8 aromatic carbocycles. The minimum absolute atomic E-state index is 0. The van der Waals surface area contributed by atoms with Gasteiger partial charge in [0.2, 0.25) is 17.2 Å². The minimum atomic E-state index is -0.517. The molecular formula is C96H116BrCl5FeN28O7. The Morgan fingerprint density at radius 2 is 0.703 bits per heavy atom. The minimum Gasteiger partial charge on any atom is -0.399 e. The van der Waals surface area contributed by atoms with Crippen molar-refractivity contribution in [1.82, 2.24) is 79.6 Å². The number of benzene rings is 8. The van der Waals surface area contributed by atoms with Gasteiger partial charge in [0.25, 0.3) is 29.1 Å². The molecule has 0 aliphatic carbocycles. The number of nitro benzene ring substituents is 2. The van der Waals surface area contributed by atoms with Crippen LogP contribution in [0.25, 0.3) is 50.2 Å². The van der Waals surface area contributed by atoms with E-state index in [1.165, 1.54) is 43.2 Å². The largest absolute Gasteiger partial charge is 0.399 e. The average Bonchev–Trinajstić information content (AvgIpc) is 1.62. The van der Waals surface area contributed by atoms with E-state index in [-0.39, 0.29) is 72.1 Å². The zero-order chi connectivity index (χ0) is 94.4. The fraction of sp³-hybridized carbons (Fsp3) is 0.281. The summed E-state index contributed by atoms with van der Waals surface area (Å²) in [4.78, 5) is 102. The van der Waals surface area contributed by atoms with Gasteiger partial charge >= 0.3 is 0 Å². The molecule has 5 aliphatic rings. The fourth-order valence-corrected chi connectivity index (χ4v) is 16.4. The first-order valence-corrected chi connectivity index (χ1v) is 45.2. The Morgan fingerprint density at radius 3 is 1.03 bits per heavy atom. The van der Waals surface area contributed by atoms with E-state index in [0.717, 1.165) is 189 Å². The topological polar surface area (TPSA) is 434 Å². The zero-order valence-corrected chi connectivity index (χ0v) is 82.1. The van der Waals surface area contributed by atoms with Gasteiger partial charge in [-0.3, -0.25) is 48.3 Å². The van der Waals surface area contributed by atoms with Crippen molar-refractivity contribution in [2.24, 2.45) is 17.2 Å². The Kier molecular flexibility index (Phi) is 42.6. The second-order valence-corrected chi connectivity index (χ2v) is 34.6. The van der Waals surface area contributed by atoms with Crippen LogP contribution in [0.5, 0.6) is 0 Å². The zero-order valence-electron chi connectivity index (χ0n) is 75.6. The van der Waals surface area contributed by atoms with Crippen LogP contribution < -0.4 is 64.6 Å². The van der Waals surface area contributed by atoms with E-state index in [1.54, 1.807) is 69.0 Å². The summed E-state index contributed by atoms with van der Waals surface area (Å²) in [7, 11) is 10.7. The van der Waals surface area contributed by atoms with Gasteiger partial charge in [-0.05, 0) is 132 Å². The standard InChI is InChI=1S/2C24H24ClN7O.C13H8Cl2N4O.C11H15N3O2.C11H17N3.C6H4BrNO2.C5H12N2.2CH4.ClH.Fe.H3N/c2*1-30-9-11-31(12-10-30)17-6-4-5-16(13-17)28-24-27-14-20(25)23(29-24)32-15-19(22(26)33)18-7-2-3-8-21(18)32;14-9-5-17-13(15)18-12(9)19-6-8(11(16)20)7-3-1-2-4-10(7)19;1-12-5-7-13(8-6-12)10-3-2-4-11(9-10)14(15)16;1-13-5-7-14(8-6-13)11-4-2-3-10(12)9-11;7-5-2-1-3-6(4-5)8(9)10;1-7-4-2-6-3-5-7;;;;;/h2*2-8,13-15H,9-12H2,1H3,(H2,26,33)(H,27,28,29);1-6H,(H2,16,20);2-4,9H,5-8H2,1H3;2-4,9H,5-8,12H2,1H3;1-4H;6H,2-5H2,1H3;2*1H4;1H;;1H3. The number of anilines is 9. The van der Waals surface area contributed by atoms with Crippen LogP contribution in [-0.4, -0.2) is 262 Å². The number of non-ortho nitro benzene ring substituents is 2. The fourth-order valence-electron chi connectivity index (χ4n) is 15.3. The molecule has 5 fully saturated rings. The van der Waals surface area contributed by atoms with Crippen molar-refractivity contribution < 1.29 is 41.3 Å². The van der Waals surface area contributed by atoms with Gasteiger partial charge in [0, 0.05) is 251 Å². The van der Waals surface area contributed by atoms with Crippen LogP contribution in [0, 0.1) is 20.2 Å². The van der Waals surface area contributed by atoms with Gasteiger partial charge in [0.15, 0.2) is 17.5 Å². The molecule has 5 aliphatic heterocycles. The smallest absolute Gasteiger partial charge is 0.271 e. The first kappa shape index (κ1) is 111. The van der Waals surface area contributed by atoms with Crippen molar-refractivity contribution in [1.29, 1.82) is 0 Å². The number of hydrogen-bond donors (Lipinski definition) is 8. The van der Waals surface area contributed by atoms with Crippen molar-refractivity contribution in [3.05, 3.63) is 293 Å².